The Morgan fingerprint density at radius 1 is 1.59 bits per heavy atom. The van der Waals surface area contributed by atoms with Crippen LogP contribution in [0.1, 0.15) is 17.7 Å². The summed E-state index contributed by atoms with van der Waals surface area (Å²) in [5, 5.41) is 8.66. The van der Waals surface area contributed by atoms with Gasteiger partial charge < -0.3 is 15.4 Å². The fourth-order valence-electron chi connectivity index (χ4n) is 1.82. The minimum atomic E-state index is 0.343. The number of nitrogens with one attached hydrogen (secondary N) is 2. The van der Waals surface area contributed by atoms with E-state index in [0.29, 0.717) is 6.10 Å². The van der Waals surface area contributed by atoms with Crippen LogP contribution in [0.5, 0.6) is 0 Å². The van der Waals surface area contributed by atoms with E-state index in [4.69, 9.17) is 4.74 Å². The summed E-state index contributed by atoms with van der Waals surface area (Å²) in [4.78, 5) is 5.50. The Morgan fingerprint density at radius 2 is 2.53 bits per heavy atom. The predicted molar refractivity (Wildman–Crippen MR) is 71.5 cm³/mol. The van der Waals surface area contributed by atoms with Crippen LogP contribution in [0.15, 0.2) is 22.5 Å². The van der Waals surface area contributed by atoms with E-state index >= 15 is 0 Å². The lowest BCUT2D eigenvalue weighted by atomic mass is 10.2. The topological polar surface area (TPSA) is 45.7 Å². The lowest BCUT2D eigenvalue weighted by Gasteiger charge is -2.14. The maximum atomic E-state index is 5.56. The van der Waals surface area contributed by atoms with Crippen LogP contribution < -0.4 is 10.6 Å². The van der Waals surface area contributed by atoms with Crippen molar-refractivity contribution in [1.29, 1.82) is 0 Å². The number of hydrogen-bond donors (Lipinski definition) is 2. The van der Waals surface area contributed by atoms with Crippen molar-refractivity contribution in [3.05, 3.63) is 22.4 Å². The Labute approximate surface area is 106 Å². The summed E-state index contributed by atoms with van der Waals surface area (Å²) in [6.45, 7) is 2.56. The molecule has 0 amide bonds. The first kappa shape index (κ1) is 12.4. The Hall–Kier alpha value is -1.07. The van der Waals surface area contributed by atoms with Gasteiger partial charge in [0.1, 0.15) is 0 Å². The van der Waals surface area contributed by atoms with Crippen LogP contribution in [-0.2, 0) is 11.3 Å². The molecule has 0 bridgehead atoms. The van der Waals surface area contributed by atoms with Crippen molar-refractivity contribution in [3.8, 4) is 0 Å². The van der Waals surface area contributed by atoms with Gasteiger partial charge >= 0.3 is 0 Å². The Bertz CT molecular complexity index is 345. The van der Waals surface area contributed by atoms with Gasteiger partial charge in [0.15, 0.2) is 5.96 Å². The van der Waals surface area contributed by atoms with Crippen LogP contribution in [0.25, 0.3) is 0 Å². The van der Waals surface area contributed by atoms with Crippen LogP contribution >= 0.6 is 11.3 Å². The zero-order valence-electron chi connectivity index (χ0n) is 10.1. The monoisotopic (exact) mass is 253 g/mol. The van der Waals surface area contributed by atoms with Crippen LogP contribution in [0.3, 0.4) is 0 Å². The zero-order valence-corrected chi connectivity index (χ0v) is 10.9. The van der Waals surface area contributed by atoms with Crippen molar-refractivity contribution in [2.75, 3.05) is 20.2 Å². The SMILES string of the molecule is CN=C(NCc1cccs1)NCC1CCCO1. The minimum absolute atomic E-state index is 0.343. The number of aliphatic imine (C=N–C) groups is 1. The maximum absolute atomic E-state index is 5.56. The van der Waals surface area contributed by atoms with Gasteiger partial charge in [-0.25, -0.2) is 0 Å². The molecule has 1 aromatic rings. The first-order valence-electron chi connectivity index (χ1n) is 5.97. The van der Waals surface area contributed by atoms with Crippen molar-refractivity contribution in [1.82, 2.24) is 10.6 Å². The van der Waals surface area contributed by atoms with Gasteiger partial charge in [-0.2, -0.15) is 0 Å². The molecule has 0 radical (unpaired) electrons. The first-order chi connectivity index (χ1) is 8.38. The molecular formula is C12H19N3OS. The second-order valence-corrected chi connectivity index (χ2v) is 5.05. The highest BCUT2D eigenvalue weighted by atomic mass is 32.1. The van der Waals surface area contributed by atoms with Gasteiger partial charge in [0.25, 0.3) is 0 Å². The molecule has 0 spiro atoms. The molecule has 1 aromatic heterocycles. The Balaban J connectivity index is 1.69. The van der Waals surface area contributed by atoms with Crippen molar-refractivity contribution in [2.45, 2.75) is 25.5 Å². The molecule has 2 rings (SSSR count). The number of ether oxygens (including phenoxy) is 1. The van der Waals surface area contributed by atoms with E-state index in [1.54, 1.807) is 18.4 Å². The largest absolute Gasteiger partial charge is 0.376 e. The smallest absolute Gasteiger partial charge is 0.191 e. The van der Waals surface area contributed by atoms with Gasteiger partial charge in [0.2, 0.25) is 0 Å². The van der Waals surface area contributed by atoms with Crippen molar-refractivity contribution in [3.63, 3.8) is 0 Å². The van der Waals surface area contributed by atoms with Gasteiger partial charge in [-0.1, -0.05) is 6.07 Å². The maximum Gasteiger partial charge on any atom is 0.191 e. The van der Waals surface area contributed by atoms with E-state index in [2.05, 4.69) is 33.1 Å². The van der Waals surface area contributed by atoms with Crippen LogP contribution in [0.4, 0.5) is 0 Å². The van der Waals surface area contributed by atoms with Gasteiger partial charge in [-0.3, -0.25) is 4.99 Å². The van der Waals surface area contributed by atoms with E-state index in [9.17, 15) is 0 Å². The summed E-state index contributed by atoms with van der Waals surface area (Å²) in [7, 11) is 1.79. The molecule has 4 nitrogen and oxygen atoms in total. The second-order valence-electron chi connectivity index (χ2n) is 4.02. The molecule has 2 N–H and O–H groups in total. The standard InChI is InChI=1S/C12H19N3OS/c1-13-12(14-8-10-4-2-6-16-10)15-9-11-5-3-7-17-11/h3,5,7,10H,2,4,6,8-9H2,1H3,(H2,13,14,15). The summed E-state index contributed by atoms with van der Waals surface area (Å²) in [5.41, 5.74) is 0. The molecule has 5 heteroatoms. The predicted octanol–water partition coefficient (Wildman–Crippen LogP) is 1.59. The molecule has 1 fully saturated rings. The molecule has 2 heterocycles. The summed E-state index contributed by atoms with van der Waals surface area (Å²) < 4.78 is 5.56. The Morgan fingerprint density at radius 3 is 3.18 bits per heavy atom. The quantitative estimate of drug-likeness (QED) is 0.633. The third kappa shape index (κ3) is 4.02. The number of guanidine groups is 1. The van der Waals surface area contributed by atoms with E-state index < -0.39 is 0 Å². The molecule has 1 aliphatic rings. The summed E-state index contributed by atoms with van der Waals surface area (Å²) in [5.74, 6) is 0.842. The molecular weight excluding hydrogens is 234 g/mol. The average Bonchev–Trinajstić information content (AvgIpc) is 3.02. The highest BCUT2D eigenvalue weighted by molar-refractivity contribution is 7.09. The lowest BCUT2D eigenvalue weighted by molar-refractivity contribution is 0.114. The fourth-order valence-corrected chi connectivity index (χ4v) is 2.47. The van der Waals surface area contributed by atoms with Crippen molar-refractivity contribution >= 4 is 17.3 Å². The molecule has 0 aliphatic carbocycles. The zero-order chi connectivity index (χ0) is 11.9. The summed E-state index contributed by atoms with van der Waals surface area (Å²) in [6, 6.07) is 4.18. The molecule has 1 unspecified atom stereocenters. The molecule has 1 saturated heterocycles. The molecule has 1 atom stereocenters. The third-order valence-corrected chi connectivity index (χ3v) is 3.63. The van der Waals surface area contributed by atoms with Gasteiger partial charge in [-0.05, 0) is 24.3 Å². The molecule has 17 heavy (non-hydrogen) atoms. The van der Waals surface area contributed by atoms with Crippen molar-refractivity contribution in [2.24, 2.45) is 4.99 Å². The summed E-state index contributed by atoms with van der Waals surface area (Å²) in [6.07, 6.45) is 2.66. The van der Waals surface area contributed by atoms with E-state index in [1.165, 1.54) is 11.3 Å². The lowest BCUT2D eigenvalue weighted by Crippen LogP contribution is -2.40. The highest BCUT2D eigenvalue weighted by Crippen LogP contribution is 2.10. The molecule has 1 aliphatic heterocycles. The van der Waals surface area contributed by atoms with E-state index in [1.807, 2.05) is 0 Å². The number of hydrogen-bond acceptors (Lipinski definition) is 3. The number of rotatable bonds is 4. The second kappa shape index (κ2) is 6.61. The number of nitrogens with zero attached hydrogens (tertiary/aromatic N) is 1. The van der Waals surface area contributed by atoms with Crippen LogP contribution in [0.2, 0.25) is 0 Å². The Kier molecular flexibility index (Phi) is 4.82. The first-order valence-corrected chi connectivity index (χ1v) is 6.85. The number of thiophene rings is 1. The van der Waals surface area contributed by atoms with E-state index in [0.717, 1.165) is 32.1 Å². The normalized spacial score (nSPS) is 20.5. The fraction of sp³-hybridized carbons (Fsp3) is 0.583. The van der Waals surface area contributed by atoms with Gasteiger partial charge in [0, 0.05) is 25.1 Å². The van der Waals surface area contributed by atoms with Crippen LogP contribution in [0, 0.1) is 0 Å². The van der Waals surface area contributed by atoms with E-state index in [-0.39, 0.29) is 0 Å². The average molecular weight is 253 g/mol. The molecule has 94 valence electrons. The highest BCUT2D eigenvalue weighted by Gasteiger charge is 2.15. The summed E-state index contributed by atoms with van der Waals surface area (Å²) >= 11 is 1.75. The van der Waals surface area contributed by atoms with Gasteiger partial charge in [0.05, 0.1) is 12.6 Å². The minimum Gasteiger partial charge on any atom is -0.376 e. The van der Waals surface area contributed by atoms with Gasteiger partial charge in [-0.15, -0.1) is 11.3 Å². The van der Waals surface area contributed by atoms with Crippen molar-refractivity contribution < 1.29 is 4.74 Å². The third-order valence-electron chi connectivity index (χ3n) is 2.75. The molecule has 0 saturated carbocycles. The molecule has 0 aromatic carbocycles. The van der Waals surface area contributed by atoms with Crippen LogP contribution in [-0.4, -0.2) is 32.3 Å².